The summed E-state index contributed by atoms with van der Waals surface area (Å²) >= 11 is 0. The minimum atomic E-state index is -0.268. The highest BCUT2D eigenvalue weighted by molar-refractivity contribution is 5.85. The highest BCUT2D eigenvalue weighted by Crippen LogP contribution is 2.32. The predicted octanol–water partition coefficient (Wildman–Crippen LogP) is 2.15. The number of amides is 1. The SMILES string of the molecule is CC1(C)CC(=O)CCN1C(=O)CC1CCC1. The zero-order chi connectivity index (χ0) is 11.8. The molecule has 0 aromatic heterocycles. The number of Topliss-reactive ketones (excluding diaryl/α,β-unsaturated/α-hetero) is 1. The van der Waals surface area contributed by atoms with Crippen LogP contribution >= 0.6 is 0 Å². The first-order valence-electron chi connectivity index (χ1n) is 6.31. The Bertz CT molecular complexity index is 305. The molecule has 1 aliphatic carbocycles. The van der Waals surface area contributed by atoms with Gasteiger partial charge < -0.3 is 4.90 Å². The zero-order valence-corrected chi connectivity index (χ0v) is 10.3. The van der Waals surface area contributed by atoms with Gasteiger partial charge in [-0.15, -0.1) is 0 Å². The zero-order valence-electron chi connectivity index (χ0n) is 10.3. The lowest BCUT2D eigenvalue weighted by atomic mass is 9.81. The third-order valence-electron chi connectivity index (χ3n) is 3.96. The van der Waals surface area contributed by atoms with Crippen molar-refractivity contribution in [1.29, 1.82) is 0 Å². The van der Waals surface area contributed by atoms with E-state index in [1.807, 2.05) is 18.7 Å². The van der Waals surface area contributed by atoms with Gasteiger partial charge in [0.2, 0.25) is 5.91 Å². The van der Waals surface area contributed by atoms with Gasteiger partial charge in [0.1, 0.15) is 5.78 Å². The van der Waals surface area contributed by atoms with Crippen LogP contribution in [-0.2, 0) is 9.59 Å². The second-order valence-electron chi connectivity index (χ2n) is 5.82. The van der Waals surface area contributed by atoms with Crippen LogP contribution in [-0.4, -0.2) is 28.7 Å². The summed E-state index contributed by atoms with van der Waals surface area (Å²) in [6.45, 7) is 4.63. The Hall–Kier alpha value is -0.860. The second kappa shape index (κ2) is 4.19. The maximum Gasteiger partial charge on any atom is 0.223 e. The van der Waals surface area contributed by atoms with E-state index in [1.165, 1.54) is 19.3 Å². The lowest BCUT2D eigenvalue weighted by Crippen LogP contribution is -2.53. The molecule has 0 unspecified atom stereocenters. The van der Waals surface area contributed by atoms with Crippen LogP contribution in [0, 0.1) is 5.92 Å². The monoisotopic (exact) mass is 223 g/mol. The second-order valence-corrected chi connectivity index (χ2v) is 5.82. The molecule has 16 heavy (non-hydrogen) atoms. The molecular weight excluding hydrogens is 202 g/mol. The van der Waals surface area contributed by atoms with E-state index in [2.05, 4.69) is 0 Å². The average molecular weight is 223 g/mol. The van der Waals surface area contributed by atoms with E-state index in [0.717, 1.165) is 0 Å². The summed E-state index contributed by atoms with van der Waals surface area (Å²) in [5.74, 6) is 1.15. The van der Waals surface area contributed by atoms with Crippen LogP contribution in [0.2, 0.25) is 0 Å². The molecule has 2 rings (SSSR count). The van der Waals surface area contributed by atoms with Crippen LogP contribution in [0.4, 0.5) is 0 Å². The highest BCUT2D eigenvalue weighted by atomic mass is 16.2. The Morgan fingerprint density at radius 3 is 2.62 bits per heavy atom. The van der Waals surface area contributed by atoms with Gasteiger partial charge in [-0.05, 0) is 32.6 Å². The van der Waals surface area contributed by atoms with Gasteiger partial charge in [0.15, 0.2) is 0 Å². The van der Waals surface area contributed by atoms with E-state index in [-0.39, 0.29) is 17.2 Å². The van der Waals surface area contributed by atoms with E-state index in [9.17, 15) is 9.59 Å². The number of carbonyl (C=O) groups is 2. The summed E-state index contributed by atoms with van der Waals surface area (Å²) in [5, 5.41) is 0. The number of rotatable bonds is 2. The molecular formula is C13H21NO2. The van der Waals surface area contributed by atoms with Crippen molar-refractivity contribution in [2.75, 3.05) is 6.54 Å². The van der Waals surface area contributed by atoms with Crippen molar-refractivity contribution >= 4 is 11.7 Å². The Morgan fingerprint density at radius 2 is 2.12 bits per heavy atom. The van der Waals surface area contributed by atoms with Crippen LogP contribution in [0.25, 0.3) is 0 Å². The standard InChI is InChI=1S/C13H21NO2/c1-13(2)9-11(15)6-7-14(13)12(16)8-10-4-3-5-10/h10H,3-9H2,1-2H3. The van der Waals surface area contributed by atoms with Gasteiger partial charge in [0.25, 0.3) is 0 Å². The largest absolute Gasteiger partial charge is 0.337 e. The number of hydrogen-bond acceptors (Lipinski definition) is 2. The molecule has 90 valence electrons. The first kappa shape index (κ1) is 11.6. The molecule has 0 N–H and O–H groups in total. The van der Waals surface area contributed by atoms with Crippen molar-refractivity contribution in [2.24, 2.45) is 5.92 Å². The lowest BCUT2D eigenvalue weighted by Gasteiger charge is -2.42. The average Bonchev–Trinajstić information content (AvgIpc) is 2.09. The van der Waals surface area contributed by atoms with Gasteiger partial charge in [-0.2, -0.15) is 0 Å². The van der Waals surface area contributed by atoms with Gasteiger partial charge in [0.05, 0.1) is 0 Å². The molecule has 2 aliphatic rings. The molecule has 1 saturated carbocycles. The van der Waals surface area contributed by atoms with E-state index < -0.39 is 0 Å². The van der Waals surface area contributed by atoms with Gasteiger partial charge in [-0.1, -0.05) is 6.42 Å². The number of ketones is 1. The van der Waals surface area contributed by atoms with Crippen molar-refractivity contribution in [1.82, 2.24) is 4.90 Å². The van der Waals surface area contributed by atoms with Crippen LogP contribution in [0.3, 0.4) is 0 Å². The van der Waals surface area contributed by atoms with Gasteiger partial charge in [-0.3, -0.25) is 9.59 Å². The molecule has 1 saturated heterocycles. The van der Waals surface area contributed by atoms with Crippen molar-refractivity contribution in [3.8, 4) is 0 Å². The summed E-state index contributed by atoms with van der Waals surface area (Å²) in [6, 6.07) is 0. The Labute approximate surface area is 97.2 Å². The van der Waals surface area contributed by atoms with Crippen LogP contribution in [0.1, 0.15) is 52.4 Å². The number of nitrogens with zero attached hydrogens (tertiary/aromatic N) is 1. The van der Waals surface area contributed by atoms with Gasteiger partial charge >= 0.3 is 0 Å². The fourth-order valence-electron chi connectivity index (χ4n) is 2.72. The van der Waals surface area contributed by atoms with Crippen LogP contribution in [0.15, 0.2) is 0 Å². The van der Waals surface area contributed by atoms with E-state index in [4.69, 9.17) is 0 Å². The maximum absolute atomic E-state index is 12.1. The molecule has 0 spiro atoms. The number of hydrogen-bond donors (Lipinski definition) is 0. The fourth-order valence-corrected chi connectivity index (χ4v) is 2.72. The summed E-state index contributed by atoms with van der Waals surface area (Å²) in [4.78, 5) is 25.5. The van der Waals surface area contributed by atoms with Crippen LogP contribution < -0.4 is 0 Å². The highest BCUT2D eigenvalue weighted by Gasteiger charge is 2.37. The molecule has 1 aliphatic heterocycles. The predicted molar refractivity (Wildman–Crippen MR) is 62.0 cm³/mol. The molecule has 0 atom stereocenters. The minimum Gasteiger partial charge on any atom is -0.337 e. The smallest absolute Gasteiger partial charge is 0.223 e. The van der Waals surface area contributed by atoms with E-state index >= 15 is 0 Å². The third kappa shape index (κ3) is 2.28. The Morgan fingerprint density at radius 1 is 1.44 bits per heavy atom. The molecule has 2 fully saturated rings. The molecule has 1 heterocycles. The maximum atomic E-state index is 12.1. The summed E-state index contributed by atoms with van der Waals surface area (Å²) in [7, 11) is 0. The van der Waals surface area contributed by atoms with Gasteiger partial charge in [-0.25, -0.2) is 0 Å². The summed E-state index contributed by atoms with van der Waals surface area (Å²) in [6.07, 6.45) is 5.44. The Kier molecular flexibility index (Phi) is 3.04. The molecule has 0 aromatic rings. The molecule has 0 aromatic carbocycles. The van der Waals surface area contributed by atoms with Crippen molar-refractivity contribution in [3.05, 3.63) is 0 Å². The lowest BCUT2D eigenvalue weighted by molar-refractivity contribution is -0.143. The molecule has 3 heteroatoms. The topological polar surface area (TPSA) is 37.4 Å². The van der Waals surface area contributed by atoms with Crippen molar-refractivity contribution in [3.63, 3.8) is 0 Å². The molecule has 3 nitrogen and oxygen atoms in total. The number of piperidine rings is 1. The van der Waals surface area contributed by atoms with E-state index in [0.29, 0.717) is 31.7 Å². The molecule has 0 bridgehead atoms. The first-order chi connectivity index (χ1) is 7.49. The first-order valence-corrected chi connectivity index (χ1v) is 6.31. The van der Waals surface area contributed by atoms with Crippen molar-refractivity contribution in [2.45, 2.75) is 57.9 Å². The van der Waals surface area contributed by atoms with Crippen LogP contribution in [0.5, 0.6) is 0 Å². The minimum absolute atomic E-state index is 0.252. The summed E-state index contributed by atoms with van der Waals surface area (Å²) in [5.41, 5.74) is -0.268. The number of carbonyl (C=O) groups excluding carboxylic acids is 2. The Balaban J connectivity index is 1.96. The third-order valence-corrected chi connectivity index (χ3v) is 3.96. The number of likely N-dealkylation sites (tertiary alicyclic amines) is 1. The van der Waals surface area contributed by atoms with Crippen molar-refractivity contribution < 1.29 is 9.59 Å². The summed E-state index contributed by atoms with van der Waals surface area (Å²) < 4.78 is 0. The van der Waals surface area contributed by atoms with E-state index in [1.54, 1.807) is 0 Å². The molecule has 1 amide bonds. The normalized spacial score (nSPS) is 25.4. The van der Waals surface area contributed by atoms with Gasteiger partial charge in [0, 0.05) is 31.3 Å². The quantitative estimate of drug-likeness (QED) is 0.719. The fraction of sp³-hybridized carbons (Fsp3) is 0.846. The molecule has 0 radical (unpaired) electrons.